The molecule has 0 saturated carbocycles. The second kappa shape index (κ2) is 7.42. The highest BCUT2D eigenvalue weighted by atomic mass is 16.5. The van der Waals surface area contributed by atoms with Crippen LogP contribution < -0.4 is 10.6 Å². The van der Waals surface area contributed by atoms with Crippen LogP contribution in [0.15, 0.2) is 30.3 Å². The third kappa shape index (κ3) is 4.66. The third-order valence-electron chi connectivity index (χ3n) is 3.97. The van der Waals surface area contributed by atoms with Crippen LogP contribution in [0.5, 0.6) is 0 Å². The Morgan fingerprint density at radius 3 is 2.52 bits per heavy atom. The molecule has 1 fully saturated rings. The number of nitrogens with one attached hydrogen (secondary N) is 2. The van der Waals surface area contributed by atoms with E-state index in [1.54, 1.807) is 0 Å². The van der Waals surface area contributed by atoms with E-state index in [2.05, 4.69) is 51.8 Å². The quantitative estimate of drug-likeness (QED) is 0.857. The minimum atomic E-state index is 0.300. The number of rotatable bonds is 6. The summed E-state index contributed by atoms with van der Waals surface area (Å²) in [6, 6.07) is 10.5. The van der Waals surface area contributed by atoms with E-state index in [1.807, 2.05) is 13.0 Å². The molecule has 1 aliphatic rings. The van der Waals surface area contributed by atoms with E-state index >= 15 is 0 Å². The van der Waals surface area contributed by atoms with Crippen molar-refractivity contribution in [2.24, 2.45) is 0 Å². The second-order valence-corrected chi connectivity index (χ2v) is 6.04. The van der Waals surface area contributed by atoms with Crippen molar-refractivity contribution in [3.63, 3.8) is 0 Å². The summed E-state index contributed by atoms with van der Waals surface area (Å²) in [5, 5.41) is 6.72. The summed E-state index contributed by atoms with van der Waals surface area (Å²) in [6.07, 6.45) is 2.57. The summed E-state index contributed by atoms with van der Waals surface area (Å²) >= 11 is 0. The SMILES string of the molecule is Cc1ccc(CNc2cc(NCC3CCCO3)nc(C)n2)cc1. The number of benzene rings is 1. The van der Waals surface area contributed by atoms with E-state index in [4.69, 9.17) is 4.74 Å². The van der Waals surface area contributed by atoms with Gasteiger partial charge in [-0.05, 0) is 32.3 Å². The average molecular weight is 312 g/mol. The first-order valence-electron chi connectivity index (χ1n) is 8.19. The van der Waals surface area contributed by atoms with E-state index in [0.717, 1.165) is 50.0 Å². The molecule has 0 spiro atoms. The maximum Gasteiger partial charge on any atom is 0.132 e. The smallest absolute Gasteiger partial charge is 0.132 e. The van der Waals surface area contributed by atoms with Gasteiger partial charge < -0.3 is 15.4 Å². The summed E-state index contributed by atoms with van der Waals surface area (Å²) in [4.78, 5) is 8.90. The Bertz CT molecular complexity index is 636. The van der Waals surface area contributed by atoms with Gasteiger partial charge in [0, 0.05) is 25.8 Å². The number of anilines is 2. The van der Waals surface area contributed by atoms with Crippen LogP contribution in [0.25, 0.3) is 0 Å². The van der Waals surface area contributed by atoms with Crippen molar-refractivity contribution in [3.05, 3.63) is 47.3 Å². The molecule has 2 N–H and O–H groups in total. The van der Waals surface area contributed by atoms with E-state index < -0.39 is 0 Å². The first-order valence-corrected chi connectivity index (χ1v) is 8.19. The molecule has 5 nitrogen and oxygen atoms in total. The Kier molecular flexibility index (Phi) is 5.08. The van der Waals surface area contributed by atoms with Gasteiger partial charge in [0.15, 0.2) is 0 Å². The lowest BCUT2D eigenvalue weighted by molar-refractivity contribution is 0.120. The fourth-order valence-corrected chi connectivity index (χ4v) is 2.67. The van der Waals surface area contributed by atoms with Gasteiger partial charge in [0.1, 0.15) is 17.5 Å². The Morgan fingerprint density at radius 2 is 1.83 bits per heavy atom. The highest BCUT2D eigenvalue weighted by Gasteiger charge is 2.15. The first-order chi connectivity index (χ1) is 11.2. The van der Waals surface area contributed by atoms with E-state index in [-0.39, 0.29) is 0 Å². The van der Waals surface area contributed by atoms with Crippen LogP contribution in [0.3, 0.4) is 0 Å². The Morgan fingerprint density at radius 1 is 1.09 bits per heavy atom. The zero-order chi connectivity index (χ0) is 16.1. The molecule has 0 bridgehead atoms. The number of ether oxygens (including phenoxy) is 1. The molecule has 1 aromatic carbocycles. The monoisotopic (exact) mass is 312 g/mol. The van der Waals surface area contributed by atoms with Crippen LogP contribution in [-0.4, -0.2) is 29.2 Å². The number of aromatic nitrogens is 2. The molecule has 1 atom stereocenters. The predicted molar refractivity (Wildman–Crippen MR) is 92.7 cm³/mol. The molecule has 2 aromatic rings. The van der Waals surface area contributed by atoms with Gasteiger partial charge in [0.25, 0.3) is 0 Å². The summed E-state index contributed by atoms with van der Waals surface area (Å²) in [6.45, 7) is 6.43. The molecule has 5 heteroatoms. The van der Waals surface area contributed by atoms with Crippen LogP contribution in [0.4, 0.5) is 11.6 Å². The number of hydrogen-bond acceptors (Lipinski definition) is 5. The van der Waals surface area contributed by atoms with E-state index in [9.17, 15) is 0 Å². The van der Waals surface area contributed by atoms with Gasteiger partial charge in [-0.3, -0.25) is 0 Å². The molecule has 23 heavy (non-hydrogen) atoms. The molecule has 1 unspecified atom stereocenters. The largest absolute Gasteiger partial charge is 0.376 e. The Balaban J connectivity index is 1.59. The molecule has 0 radical (unpaired) electrons. The highest BCUT2D eigenvalue weighted by molar-refractivity contribution is 5.48. The fraction of sp³-hybridized carbons (Fsp3) is 0.444. The fourth-order valence-electron chi connectivity index (χ4n) is 2.67. The zero-order valence-corrected chi connectivity index (χ0v) is 13.8. The van der Waals surface area contributed by atoms with Crippen molar-refractivity contribution >= 4 is 11.6 Å². The Labute approximate surface area is 137 Å². The van der Waals surface area contributed by atoms with Gasteiger partial charge in [-0.15, -0.1) is 0 Å². The Hall–Kier alpha value is -2.14. The van der Waals surface area contributed by atoms with Crippen molar-refractivity contribution in [2.45, 2.75) is 39.3 Å². The molecular formula is C18H24N4O. The molecule has 122 valence electrons. The summed E-state index contributed by atoms with van der Waals surface area (Å²) in [7, 11) is 0. The lowest BCUT2D eigenvalue weighted by Crippen LogP contribution is -2.19. The number of nitrogens with zero attached hydrogens (tertiary/aromatic N) is 2. The van der Waals surface area contributed by atoms with Crippen LogP contribution in [-0.2, 0) is 11.3 Å². The van der Waals surface area contributed by atoms with Gasteiger partial charge >= 0.3 is 0 Å². The summed E-state index contributed by atoms with van der Waals surface area (Å²) < 4.78 is 5.63. The highest BCUT2D eigenvalue weighted by Crippen LogP contribution is 2.16. The maximum absolute atomic E-state index is 5.63. The molecule has 2 heterocycles. The molecular weight excluding hydrogens is 288 g/mol. The van der Waals surface area contributed by atoms with Crippen molar-refractivity contribution in [2.75, 3.05) is 23.8 Å². The van der Waals surface area contributed by atoms with Gasteiger partial charge in [0.2, 0.25) is 0 Å². The molecule has 3 rings (SSSR count). The molecule has 0 amide bonds. The molecule has 1 saturated heterocycles. The van der Waals surface area contributed by atoms with Crippen LogP contribution in [0.2, 0.25) is 0 Å². The van der Waals surface area contributed by atoms with Crippen molar-refractivity contribution in [3.8, 4) is 0 Å². The van der Waals surface area contributed by atoms with Gasteiger partial charge in [-0.1, -0.05) is 29.8 Å². The van der Waals surface area contributed by atoms with Crippen molar-refractivity contribution in [1.82, 2.24) is 9.97 Å². The maximum atomic E-state index is 5.63. The average Bonchev–Trinajstić information content (AvgIpc) is 3.05. The lowest BCUT2D eigenvalue weighted by atomic mass is 10.1. The zero-order valence-electron chi connectivity index (χ0n) is 13.8. The summed E-state index contributed by atoms with van der Waals surface area (Å²) in [5.74, 6) is 2.45. The lowest BCUT2D eigenvalue weighted by Gasteiger charge is -2.13. The van der Waals surface area contributed by atoms with Crippen LogP contribution >= 0.6 is 0 Å². The second-order valence-electron chi connectivity index (χ2n) is 6.04. The minimum absolute atomic E-state index is 0.300. The van der Waals surface area contributed by atoms with E-state index in [0.29, 0.717) is 6.10 Å². The molecule has 1 aromatic heterocycles. The standard InChI is InChI=1S/C18H24N4O/c1-13-5-7-15(8-6-13)11-19-17-10-18(22-14(2)21-17)20-12-16-4-3-9-23-16/h5-8,10,16H,3-4,9,11-12H2,1-2H3,(H2,19,20,21,22). The number of aryl methyl sites for hydroxylation is 2. The van der Waals surface area contributed by atoms with Crippen molar-refractivity contribution < 1.29 is 4.74 Å². The van der Waals surface area contributed by atoms with Gasteiger partial charge in [0.05, 0.1) is 6.10 Å². The van der Waals surface area contributed by atoms with Gasteiger partial charge in [-0.2, -0.15) is 0 Å². The van der Waals surface area contributed by atoms with Crippen LogP contribution in [0.1, 0.15) is 29.8 Å². The van der Waals surface area contributed by atoms with Crippen LogP contribution in [0, 0.1) is 13.8 Å². The summed E-state index contributed by atoms with van der Waals surface area (Å²) in [5.41, 5.74) is 2.51. The van der Waals surface area contributed by atoms with Gasteiger partial charge in [-0.25, -0.2) is 9.97 Å². The first kappa shape index (κ1) is 15.7. The third-order valence-corrected chi connectivity index (χ3v) is 3.97. The number of hydrogen-bond donors (Lipinski definition) is 2. The molecule has 1 aliphatic heterocycles. The topological polar surface area (TPSA) is 59.1 Å². The predicted octanol–water partition coefficient (Wildman–Crippen LogP) is 3.30. The minimum Gasteiger partial charge on any atom is -0.376 e. The molecule has 0 aliphatic carbocycles. The van der Waals surface area contributed by atoms with Crippen molar-refractivity contribution in [1.29, 1.82) is 0 Å². The van der Waals surface area contributed by atoms with E-state index in [1.165, 1.54) is 11.1 Å². The normalized spacial score (nSPS) is 17.2.